The number of carbonyl (C=O) groups is 3. The van der Waals surface area contributed by atoms with Crippen molar-refractivity contribution in [2.75, 3.05) is 13.2 Å². The zero-order chi connectivity index (χ0) is 19.2. The number of ketones is 1. The van der Waals surface area contributed by atoms with Crippen LogP contribution in [0.3, 0.4) is 0 Å². The van der Waals surface area contributed by atoms with E-state index in [-0.39, 0.29) is 37.0 Å². The van der Waals surface area contributed by atoms with E-state index in [1.165, 1.54) is 0 Å². The molecule has 0 spiro atoms. The van der Waals surface area contributed by atoms with Crippen LogP contribution >= 0.6 is 15.9 Å². The maximum Gasteiger partial charge on any atom is 0.305 e. The quantitative estimate of drug-likeness (QED) is 0.587. The molecule has 0 radical (unpaired) electrons. The summed E-state index contributed by atoms with van der Waals surface area (Å²) in [5.41, 5.74) is -0.416. The van der Waals surface area contributed by atoms with Gasteiger partial charge in [0.1, 0.15) is 11.4 Å². The van der Waals surface area contributed by atoms with Crippen molar-refractivity contribution in [2.24, 2.45) is 0 Å². The van der Waals surface area contributed by atoms with Gasteiger partial charge in [-0.05, 0) is 44.9 Å². The van der Waals surface area contributed by atoms with Crippen LogP contribution in [0.25, 0.3) is 0 Å². The molecule has 0 aliphatic carbocycles. The third kappa shape index (κ3) is 5.30. The fraction of sp³-hybridized carbons (Fsp3) is 0.526. The summed E-state index contributed by atoms with van der Waals surface area (Å²) in [4.78, 5) is 36.2. The number of rotatable bonds is 8. The molecule has 0 N–H and O–H groups in total. The second kappa shape index (κ2) is 9.16. The van der Waals surface area contributed by atoms with Crippen molar-refractivity contribution >= 4 is 33.7 Å². The lowest BCUT2D eigenvalue weighted by Gasteiger charge is -2.38. The van der Waals surface area contributed by atoms with E-state index >= 15 is 0 Å². The van der Waals surface area contributed by atoms with Gasteiger partial charge in [0, 0.05) is 17.3 Å². The standard InChI is InChI=1S/C19H23BrO6/c1-3-24-17(22)7-9-19(10-8-18(23)25-4-2)12-15(21)14-6-5-13(20)11-16(14)26-19/h5-6,11H,3-4,7-10,12H2,1-2H3. The number of esters is 2. The second-order valence-corrected chi connectivity index (χ2v) is 7.05. The summed E-state index contributed by atoms with van der Waals surface area (Å²) in [6, 6.07) is 5.22. The van der Waals surface area contributed by atoms with Crippen molar-refractivity contribution in [3.8, 4) is 5.75 Å². The molecule has 26 heavy (non-hydrogen) atoms. The largest absolute Gasteiger partial charge is 0.486 e. The Morgan fingerprint density at radius 3 is 2.23 bits per heavy atom. The number of halogens is 1. The van der Waals surface area contributed by atoms with Crippen molar-refractivity contribution in [1.82, 2.24) is 0 Å². The summed E-state index contributed by atoms with van der Waals surface area (Å²) in [6.45, 7) is 4.07. The summed E-state index contributed by atoms with van der Waals surface area (Å²) in [7, 11) is 0. The Kier molecular flexibility index (Phi) is 7.20. The van der Waals surface area contributed by atoms with E-state index in [0.29, 0.717) is 37.4 Å². The van der Waals surface area contributed by atoms with E-state index < -0.39 is 5.60 Å². The molecular formula is C19H23BrO6. The fourth-order valence-corrected chi connectivity index (χ4v) is 3.34. The lowest BCUT2D eigenvalue weighted by atomic mass is 9.83. The van der Waals surface area contributed by atoms with Gasteiger partial charge in [-0.2, -0.15) is 0 Å². The van der Waals surface area contributed by atoms with Crippen LogP contribution in [0, 0.1) is 0 Å². The number of carbonyl (C=O) groups excluding carboxylic acids is 3. The van der Waals surface area contributed by atoms with Crippen molar-refractivity contribution in [3.05, 3.63) is 28.2 Å². The molecule has 0 saturated heterocycles. The van der Waals surface area contributed by atoms with Crippen LogP contribution in [-0.4, -0.2) is 36.5 Å². The zero-order valence-electron chi connectivity index (χ0n) is 15.0. The van der Waals surface area contributed by atoms with Gasteiger partial charge in [0.05, 0.1) is 25.2 Å². The van der Waals surface area contributed by atoms with E-state index in [9.17, 15) is 14.4 Å². The average molecular weight is 427 g/mol. The van der Waals surface area contributed by atoms with Gasteiger partial charge in [-0.1, -0.05) is 15.9 Å². The fourth-order valence-electron chi connectivity index (χ4n) is 3.00. The number of hydrogen-bond acceptors (Lipinski definition) is 6. The summed E-state index contributed by atoms with van der Waals surface area (Å²) in [5, 5.41) is 0. The number of benzene rings is 1. The molecule has 1 aromatic carbocycles. The molecule has 6 nitrogen and oxygen atoms in total. The first-order chi connectivity index (χ1) is 12.4. The van der Waals surface area contributed by atoms with Gasteiger partial charge in [-0.25, -0.2) is 0 Å². The van der Waals surface area contributed by atoms with Gasteiger partial charge in [0.2, 0.25) is 0 Å². The Labute approximate surface area is 161 Å². The molecule has 142 valence electrons. The third-order valence-corrected chi connectivity index (χ3v) is 4.73. The first-order valence-electron chi connectivity index (χ1n) is 8.72. The highest BCUT2D eigenvalue weighted by molar-refractivity contribution is 9.10. The van der Waals surface area contributed by atoms with E-state index in [1.54, 1.807) is 32.0 Å². The topological polar surface area (TPSA) is 78.9 Å². The van der Waals surface area contributed by atoms with Gasteiger partial charge < -0.3 is 14.2 Å². The summed E-state index contributed by atoms with van der Waals surface area (Å²) >= 11 is 3.37. The highest BCUT2D eigenvalue weighted by Gasteiger charge is 2.41. The minimum absolute atomic E-state index is 0.0635. The number of hydrogen-bond donors (Lipinski definition) is 0. The van der Waals surface area contributed by atoms with Crippen molar-refractivity contribution in [2.45, 2.75) is 51.6 Å². The van der Waals surface area contributed by atoms with Crippen LogP contribution in [0.15, 0.2) is 22.7 Å². The Morgan fingerprint density at radius 1 is 1.12 bits per heavy atom. The smallest absolute Gasteiger partial charge is 0.305 e. The minimum Gasteiger partial charge on any atom is -0.486 e. The number of fused-ring (bicyclic) bond motifs is 1. The van der Waals surface area contributed by atoms with Crippen LogP contribution in [0.4, 0.5) is 0 Å². The molecule has 0 amide bonds. The highest BCUT2D eigenvalue weighted by Crippen LogP contribution is 2.40. The third-order valence-electron chi connectivity index (χ3n) is 4.23. The first-order valence-corrected chi connectivity index (χ1v) is 9.51. The van der Waals surface area contributed by atoms with Crippen LogP contribution in [0.5, 0.6) is 5.75 Å². The molecule has 0 aromatic heterocycles. The van der Waals surface area contributed by atoms with Crippen LogP contribution in [0.1, 0.15) is 56.3 Å². The van der Waals surface area contributed by atoms with Gasteiger partial charge in [0.25, 0.3) is 0 Å². The van der Waals surface area contributed by atoms with E-state index in [0.717, 1.165) is 4.47 Å². The molecule has 0 saturated carbocycles. The van der Waals surface area contributed by atoms with Crippen LogP contribution < -0.4 is 4.74 Å². The normalized spacial score (nSPS) is 15.0. The van der Waals surface area contributed by atoms with Crippen molar-refractivity contribution in [3.63, 3.8) is 0 Å². The maximum atomic E-state index is 12.6. The van der Waals surface area contributed by atoms with Gasteiger partial charge in [-0.3, -0.25) is 14.4 Å². The molecule has 2 rings (SSSR count). The Balaban J connectivity index is 2.21. The summed E-state index contributed by atoms with van der Waals surface area (Å²) < 4.78 is 16.9. The first kappa shape index (κ1) is 20.4. The lowest BCUT2D eigenvalue weighted by molar-refractivity contribution is -0.145. The van der Waals surface area contributed by atoms with Gasteiger partial charge >= 0.3 is 11.9 Å². The average Bonchev–Trinajstić information content (AvgIpc) is 2.59. The molecule has 1 aromatic rings. The molecule has 1 aliphatic rings. The number of ether oxygens (including phenoxy) is 3. The maximum absolute atomic E-state index is 12.6. The second-order valence-electron chi connectivity index (χ2n) is 6.14. The predicted octanol–water partition coefficient (Wildman–Crippen LogP) is 3.84. The molecular weight excluding hydrogens is 404 g/mol. The molecule has 0 fully saturated rings. The summed E-state index contributed by atoms with van der Waals surface area (Å²) in [5.74, 6) is -0.298. The van der Waals surface area contributed by atoms with E-state index in [4.69, 9.17) is 14.2 Å². The van der Waals surface area contributed by atoms with E-state index in [1.807, 2.05) is 0 Å². The molecule has 1 heterocycles. The van der Waals surface area contributed by atoms with Crippen molar-refractivity contribution < 1.29 is 28.6 Å². The lowest BCUT2D eigenvalue weighted by Crippen LogP contribution is -2.43. The minimum atomic E-state index is -0.926. The van der Waals surface area contributed by atoms with E-state index in [2.05, 4.69) is 15.9 Å². The van der Waals surface area contributed by atoms with Gasteiger partial charge in [0.15, 0.2) is 5.78 Å². The monoisotopic (exact) mass is 426 g/mol. The Bertz CT molecular complexity index is 663. The van der Waals surface area contributed by atoms with Crippen molar-refractivity contribution in [1.29, 1.82) is 0 Å². The molecule has 7 heteroatoms. The molecule has 1 aliphatic heterocycles. The Hall–Kier alpha value is -1.89. The predicted molar refractivity (Wildman–Crippen MR) is 98.2 cm³/mol. The van der Waals surface area contributed by atoms with Crippen LogP contribution in [0.2, 0.25) is 0 Å². The molecule has 0 atom stereocenters. The Morgan fingerprint density at radius 2 is 1.69 bits per heavy atom. The summed E-state index contributed by atoms with van der Waals surface area (Å²) in [6.07, 6.45) is 0.937. The SMILES string of the molecule is CCOC(=O)CCC1(CCC(=O)OCC)CC(=O)c2ccc(Br)cc2O1. The molecule has 0 unspecified atom stereocenters. The zero-order valence-corrected chi connectivity index (χ0v) is 16.6. The number of Topliss-reactive ketones (excluding diaryl/α,β-unsaturated/α-hetero) is 1. The highest BCUT2D eigenvalue weighted by atomic mass is 79.9. The van der Waals surface area contributed by atoms with Gasteiger partial charge in [-0.15, -0.1) is 0 Å². The van der Waals surface area contributed by atoms with Crippen LogP contribution in [-0.2, 0) is 19.1 Å². The molecule has 0 bridgehead atoms.